The van der Waals surface area contributed by atoms with Gasteiger partial charge in [-0.05, 0) is 54.8 Å². The highest BCUT2D eigenvalue weighted by Crippen LogP contribution is 2.24. The van der Waals surface area contributed by atoms with Crippen LogP contribution < -0.4 is 0 Å². The van der Waals surface area contributed by atoms with Crippen LogP contribution in [-0.2, 0) is 12.3 Å². The molecule has 0 bridgehead atoms. The van der Waals surface area contributed by atoms with E-state index in [0.29, 0.717) is 13.1 Å². The van der Waals surface area contributed by atoms with E-state index in [9.17, 15) is 4.79 Å². The highest BCUT2D eigenvalue weighted by molar-refractivity contribution is 7.98. The quantitative estimate of drug-likeness (QED) is 0.388. The van der Waals surface area contributed by atoms with Crippen LogP contribution in [0.15, 0.2) is 77.3 Å². The Bertz CT molecular complexity index is 1020. The predicted octanol–water partition coefficient (Wildman–Crippen LogP) is 5.35. The van der Waals surface area contributed by atoms with E-state index in [1.807, 2.05) is 76.3 Å². The number of benzene rings is 1. The zero-order valence-electron chi connectivity index (χ0n) is 15.6. The smallest absolute Gasteiger partial charge is 0.254 e. The maximum absolute atomic E-state index is 12.8. The van der Waals surface area contributed by atoms with Crippen molar-refractivity contribution in [2.45, 2.75) is 24.1 Å². The molecule has 0 fully saturated rings. The van der Waals surface area contributed by atoms with Gasteiger partial charge in [-0.15, -0.1) is 23.1 Å². The number of rotatable bonds is 7. The maximum Gasteiger partial charge on any atom is 0.254 e. The molecular weight excluding hydrogens is 386 g/mol. The van der Waals surface area contributed by atoms with Gasteiger partial charge in [0.2, 0.25) is 0 Å². The largest absolute Gasteiger partial charge is 0.334 e. The standard InChI is InChI=1S/C22H21N3OS2/c1-2-24(15-20-6-5-13-27-20)22(26)17-8-10-19(11-9-17)28-16-18-14-25-12-4-3-7-21(25)23-18/h3-14H,2,15-16H2,1H3. The molecule has 4 aromatic rings. The van der Waals surface area contributed by atoms with Crippen LogP contribution in [0.1, 0.15) is 27.9 Å². The molecule has 3 aromatic heterocycles. The van der Waals surface area contributed by atoms with Crippen LogP contribution in [0.3, 0.4) is 0 Å². The SMILES string of the molecule is CCN(Cc1cccs1)C(=O)c1ccc(SCc2cn3ccccc3n2)cc1. The molecule has 0 unspecified atom stereocenters. The molecule has 0 saturated heterocycles. The molecule has 28 heavy (non-hydrogen) atoms. The lowest BCUT2D eigenvalue weighted by Crippen LogP contribution is -2.29. The van der Waals surface area contributed by atoms with Crippen molar-refractivity contribution in [2.75, 3.05) is 6.54 Å². The second-order valence-corrected chi connectivity index (χ2v) is 8.49. The maximum atomic E-state index is 12.8. The summed E-state index contributed by atoms with van der Waals surface area (Å²) < 4.78 is 2.03. The lowest BCUT2D eigenvalue weighted by Gasteiger charge is -2.20. The summed E-state index contributed by atoms with van der Waals surface area (Å²) in [6, 6.07) is 18.0. The van der Waals surface area contributed by atoms with Gasteiger partial charge in [0, 0.05) is 40.0 Å². The Morgan fingerprint density at radius 2 is 2.00 bits per heavy atom. The number of fused-ring (bicyclic) bond motifs is 1. The third-order valence-corrected chi connectivity index (χ3v) is 6.40. The number of aromatic nitrogens is 2. The van der Waals surface area contributed by atoms with Crippen LogP contribution >= 0.6 is 23.1 Å². The minimum absolute atomic E-state index is 0.0767. The normalized spacial score (nSPS) is 11.0. The Morgan fingerprint density at radius 3 is 2.71 bits per heavy atom. The first kappa shape index (κ1) is 18.8. The number of nitrogens with zero attached hydrogens (tertiary/aromatic N) is 3. The molecule has 0 aliphatic heterocycles. The molecule has 0 N–H and O–H groups in total. The number of pyridine rings is 1. The highest BCUT2D eigenvalue weighted by atomic mass is 32.2. The van der Waals surface area contributed by atoms with Crippen molar-refractivity contribution < 1.29 is 4.79 Å². The van der Waals surface area contributed by atoms with Crippen molar-refractivity contribution in [3.8, 4) is 0 Å². The second-order valence-electron chi connectivity index (χ2n) is 6.41. The van der Waals surface area contributed by atoms with Crippen LogP contribution in [0.2, 0.25) is 0 Å². The number of hydrogen-bond acceptors (Lipinski definition) is 4. The van der Waals surface area contributed by atoms with Gasteiger partial charge >= 0.3 is 0 Å². The Morgan fingerprint density at radius 1 is 1.14 bits per heavy atom. The second kappa shape index (κ2) is 8.63. The topological polar surface area (TPSA) is 37.6 Å². The first-order valence-corrected chi connectivity index (χ1v) is 11.1. The molecular formula is C22H21N3OS2. The third kappa shape index (κ3) is 4.29. The minimum Gasteiger partial charge on any atom is -0.334 e. The summed E-state index contributed by atoms with van der Waals surface area (Å²) in [7, 11) is 0. The van der Waals surface area contributed by atoms with E-state index in [2.05, 4.69) is 17.2 Å². The number of thiophene rings is 1. The third-order valence-electron chi connectivity index (χ3n) is 4.50. The predicted molar refractivity (Wildman–Crippen MR) is 116 cm³/mol. The van der Waals surface area contributed by atoms with Gasteiger partial charge in [0.1, 0.15) is 5.65 Å². The van der Waals surface area contributed by atoms with E-state index in [4.69, 9.17) is 0 Å². The van der Waals surface area contributed by atoms with Gasteiger partial charge in [-0.3, -0.25) is 4.79 Å². The Balaban J connectivity index is 1.39. The summed E-state index contributed by atoms with van der Waals surface area (Å²) in [5.41, 5.74) is 2.74. The van der Waals surface area contributed by atoms with Crippen molar-refractivity contribution in [2.24, 2.45) is 0 Å². The van der Waals surface area contributed by atoms with Crippen LogP contribution in [0.4, 0.5) is 0 Å². The average molecular weight is 408 g/mol. The molecule has 4 rings (SSSR count). The molecule has 0 aliphatic carbocycles. The molecule has 3 heterocycles. The van der Waals surface area contributed by atoms with E-state index in [1.54, 1.807) is 23.1 Å². The summed E-state index contributed by atoms with van der Waals surface area (Å²) in [5, 5.41) is 2.04. The fourth-order valence-corrected chi connectivity index (χ4v) is 4.51. The Kier molecular flexibility index (Phi) is 5.78. The lowest BCUT2D eigenvalue weighted by atomic mass is 10.2. The number of carbonyl (C=O) groups is 1. The molecule has 0 saturated carbocycles. The summed E-state index contributed by atoms with van der Waals surface area (Å²) in [6.45, 7) is 3.38. The molecule has 1 amide bonds. The van der Waals surface area contributed by atoms with Gasteiger partial charge in [-0.25, -0.2) is 4.98 Å². The van der Waals surface area contributed by atoms with E-state index < -0.39 is 0 Å². The highest BCUT2D eigenvalue weighted by Gasteiger charge is 2.15. The number of hydrogen-bond donors (Lipinski definition) is 0. The van der Waals surface area contributed by atoms with Gasteiger partial charge in [0.15, 0.2) is 0 Å². The molecule has 6 heteroatoms. The number of carbonyl (C=O) groups excluding carboxylic acids is 1. The van der Waals surface area contributed by atoms with Gasteiger partial charge in [-0.2, -0.15) is 0 Å². The Hall–Kier alpha value is -2.57. The van der Waals surface area contributed by atoms with Crippen LogP contribution in [0.5, 0.6) is 0 Å². The monoisotopic (exact) mass is 407 g/mol. The lowest BCUT2D eigenvalue weighted by molar-refractivity contribution is 0.0754. The van der Waals surface area contributed by atoms with E-state index in [0.717, 1.165) is 27.6 Å². The summed E-state index contributed by atoms with van der Waals surface area (Å²) in [6.07, 6.45) is 4.07. The molecule has 0 radical (unpaired) electrons. The van der Waals surface area contributed by atoms with E-state index in [1.165, 1.54) is 4.88 Å². The van der Waals surface area contributed by atoms with E-state index in [-0.39, 0.29) is 5.91 Å². The Labute approximate surface area is 172 Å². The van der Waals surface area contributed by atoms with E-state index >= 15 is 0 Å². The number of thioether (sulfide) groups is 1. The van der Waals surface area contributed by atoms with Gasteiger partial charge in [-0.1, -0.05) is 12.1 Å². The number of imidazole rings is 1. The zero-order valence-corrected chi connectivity index (χ0v) is 17.2. The van der Waals surface area contributed by atoms with Crippen LogP contribution in [-0.4, -0.2) is 26.7 Å². The first-order valence-electron chi connectivity index (χ1n) is 9.20. The van der Waals surface area contributed by atoms with Gasteiger partial charge in [0.05, 0.1) is 12.2 Å². The summed E-state index contributed by atoms with van der Waals surface area (Å²) >= 11 is 3.41. The van der Waals surface area contributed by atoms with Crippen LogP contribution in [0, 0.1) is 0 Å². The zero-order chi connectivity index (χ0) is 19.3. The molecule has 1 aromatic carbocycles. The van der Waals surface area contributed by atoms with Crippen molar-refractivity contribution >= 4 is 34.7 Å². The van der Waals surface area contributed by atoms with Gasteiger partial charge in [0.25, 0.3) is 5.91 Å². The van der Waals surface area contributed by atoms with Crippen molar-refractivity contribution in [1.82, 2.24) is 14.3 Å². The average Bonchev–Trinajstić information content (AvgIpc) is 3.39. The molecule has 0 aliphatic rings. The molecule has 0 spiro atoms. The van der Waals surface area contributed by atoms with Crippen molar-refractivity contribution in [1.29, 1.82) is 0 Å². The van der Waals surface area contributed by atoms with Crippen molar-refractivity contribution in [3.63, 3.8) is 0 Å². The van der Waals surface area contributed by atoms with Gasteiger partial charge < -0.3 is 9.30 Å². The van der Waals surface area contributed by atoms with Crippen LogP contribution in [0.25, 0.3) is 5.65 Å². The molecule has 142 valence electrons. The molecule has 0 atom stereocenters. The number of amides is 1. The van der Waals surface area contributed by atoms with Crippen molar-refractivity contribution in [3.05, 3.63) is 88.5 Å². The summed E-state index contributed by atoms with van der Waals surface area (Å²) in [5.74, 6) is 0.877. The minimum atomic E-state index is 0.0767. The summed E-state index contributed by atoms with van der Waals surface area (Å²) in [4.78, 5) is 21.6. The fraction of sp³-hybridized carbons (Fsp3) is 0.182. The first-order chi connectivity index (χ1) is 13.7. The molecule has 4 nitrogen and oxygen atoms in total. The fourth-order valence-electron chi connectivity index (χ4n) is 3.01.